The highest BCUT2D eigenvalue weighted by molar-refractivity contribution is 7.13. The van der Waals surface area contributed by atoms with Gasteiger partial charge in [0.1, 0.15) is 5.01 Å². The van der Waals surface area contributed by atoms with E-state index < -0.39 is 11.7 Å². The number of aromatic nitrogens is 2. The van der Waals surface area contributed by atoms with Gasteiger partial charge in [0.2, 0.25) is 0 Å². The number of likely N-dealkylation sites (tertiary alicyclic amines) is 1. The number of benzene rings is 2. The first-order chi connectivity index (χ1) is 20.5. The number of piperidine rings is 1. The Morgan fingerprint density at radius 3 is 2.35 bits per heavy atom. The molecule has 0 bridgehead atoms. The summed E-state index contributed by atoms with van der Waals surface area (Å²) < 4.78 is 41.0. The van der Waals surface area contributed by atoms with Crippen molar-refractivity contribution in [1.82, 2.24) is 14.5 Å². The molecule has 0 spiro atoms. The largest absolute Gasteiger partial charge is 0.416 e. The molecular weight excluding hydrogens is 571 g/mol. The van der Waals surface area contributed by atoms with Crippen LogP contribution in [0.4, 0.5) is 13.2 Å². The second-order valence-electron chi connectivity index (χ2n) is 11.2. The molecule has 0 radical (unpaired) electrons. The quantitative estimate of drug-likeness (QED) is 0.221. The third-order valence-electron chi connectivity index (χ3n) is 7.64. The van der Waals surface area contributed by atoms with Gasteiger partial charge in [0.25, 0.3) is 11.5 Å². The van der Waals surface area contributed by atoms with E-state index in [1.54, 1.807) is 16.0 Å². The van der Waals surface area contributed by atoms with Crippen molar-refractivity contribution >= 4 is 23.3 Å². The molecule has 1 saturated heterocycles. The van der Waals surface area contributed by atoms with Crippen molar-refractivity contribution in [1.29, 1.82) is 0 Å². The highest BCUT2D eigenvalue weighted by Crippen LogP contribution is 2.34. The number of carbonyl (C=O) groups excluding carboxylic acids is 1. The first-order valence-electron chi connectivity index (χ1n) is 14.5. The Kier molecular flexibility index (Phi) is 8.74. The van der Waals surface area contributed by atoms with Crippen LogP contribution in [0.5, 0.6) is 0 Å². The van der Waals surface area contributed by atoms with Crippen LogP contribution in [-0.4, -0.2) is 33.4 Å². The van der Waals surface area contributed by atoms with Gasteiger partial charge in [-0.05, 0) is 87.9 Å². The van der Waals surface area contributed by atoms with Crippen LogP contribution in [0.1, 0.15) is 72.8 Å². The molecule has 0 aliphatic carbocycles. The van der Waals surface area contributed by atoms with Gasteiger partial charge >= 0.3 is 6.18 Å². The molecule has 1 aliphatic rings. The third-order valence-corrected chi connectivity index (χ3v) is 8.52. The smallest absolute Gasteiger partial charge is 0.339 e. The Balaban J connectivity index is 1.74. The maximum atomic E-state index is 14.5. The van der Waals surface area contributed by atoms with Gasteiger partial charge < -0.3 is 4.90 Å². The van der Waals surface area contributed by atoms with E-state index in [1.165, 1.54) is 23.5 Å². The van der Waals surface area contributed by atoms with Crippen LogP contribution in [0.3, 0.4) is 0 Å². The number of aryl methyl sites for hydroxylation is 2. The summed E-state index contributed by atoms with van der Waals surface area (Å²) in [5, 5.41) is 2.12. The first-order valence-corrected chi connectivity index (χ1v) is 15.3. The minimum absolute atomic E-state index is 0.132. The fourth-order valence-corrected chi connectivity index (χ4v) is 6.25. The van der Waals surface area contributed by atoms with E-state index in [0.717, 1.165) is 48.1 Å². The summed E-state index contributed by atoms with van der Waals surface area (Å²) in [6.45, 7) is 9.18. The molecule has 224 valence electrons. The number of carbonyl (C=O) groups is 1. The fraction of sp³-hybridized carbons (Fsp3) is 0.324. The molecule has 1 fully saturated rings. The Hall–Kier alpha value is -3.98. The van der Waals surface area contributed by atoms with Crippen LogP contribution in [-0.2, 0) is 12.6 Å². The number of thiazole rings is 1. The maximum absolute atomic E-state index is 14.5. The van der Waals surface area contributed by atoms with Gasteiger partial charge in [-0.2, -0.15) is 13.2 Å². The Morgan fingerprint density at radius 2 is 1.72 bits per heavy atom. The number of halogens is 3. The molecule has 43 heavy (non-hydrogen) atoms. The Labute approximate surface area is 253 Å². The van der Waals surface area contributed by atoms with E-state index in [2.05, 4.69) is 4.98 Å². The lowest BCUT2D eigenvalue weighted by Crippen LogP contribution is -2.37. The van der Waals surface area contributed by atoms with Crippen molar-refractivity contribution in [2.45, 2.75) is 59.6 Å². The maximum Gasteiger partial charge on any atom is 0.416 e. The average Bonchev–Trinajstić information content (AvgIpc) is 3.47. The van der Waals surface area contributed by atoms with E-state index >= 15 is 0 Å². The van der Waals surface area contributed by atoms with Crippen LogP contribution in [0.25, 0.3) is 33.6 Å². The summed E-state index contributed by atoms with van der Waals surface area (Å²) in [7, 11) is 0. The van der Waals surface area contributed by atoms with Gasteiger partial charge in [0.05, 0.1) is 33.8 Å². The van der Waals surface area contributed by atoms with Gasteiger partial charge in [0.15, 0.2) is 0 Å². The molecule has 0 saturated carbocycles. The monoisotopic (exact) mass is 605 g/mol. The molecule has 1 aliphatic heterocycles. The van der Waals surface area contributed by atoms with Crippen molar-refractivity contribution in [3.63, 3.8) is 0 Å². The van der Waals surface area contributed by atoms with Crippen molar-refractivity contribution in [3.8, 4) is 27.5 Å². The summed E-state index contributed by atoms with van der Waals surface area (Å²) in [6, 6.07) is 12.4. The van der Waals surface area contributed by atoms with E-state index in [9.17, 15) is 22.8 Å². The Morgan fingerprint density at radius 1 is 1.02 bits per heavy atom. The first kappa shape index (κ1) is 30.5. The summed E-state index contributed by atoms with van der Waals surface area (Å²) in [5.41, 5.74) is 4.76. The molecule has 2 aromatic carbocycles. The van der Waals surface area contributed by atoms with E-state index in [1.807, 2.05) is 56.9 Å². The minimum Gasteiger partial charge on any atom is -0.339 e. The number of rotatable bonds is 6. The van der Waals surface area contributed by atoms with Gasteiger partial charge in [-0.15, -0.1) is 11.3 Å². The van der Waals surface area contributed by atoms with Gasteiger partial charge in [-0.3, -0.25) is 14.2 Å². The third kappa shape index (κ3) is 6.37. The SMILES string of the molecule is CCc1ccc(C)cc1-n1c(C=C(C)C)c(C(=O)N2CCCCC2)cc(-c2nc(-c3ccc(C(F)(F)F)cc3)cs2)c1=O. The van der Waals surface area contributed by atoms with Crippen LogP contribution in [0.2, 0.25) is 0 Å². The zero-order valence-electron chi connectivity index (χ0n) is 24.7. The molecule has 9 heteroatoms. The molecule has 0 N–H and O–H groups in total. The van der Waals surface area contributed by atoms with Crippen molar-refractivity contribution in [2.75, 3.05) is 13.1 Å². The zero-order valence-corrected chi connectivity index (χ0v) is 25.5. The molecule has 2 aromatic heterocycles. The van der Waals surface area contributed by atoms with Crippen LogP contribution in [0.15, 0.2) is 64.3 Å². The molecule has 0 unspecified atom stereocenters. The molecule has 0 atom stereocenters. The van der Waals surface area contributed by atoms with Crippen molar-refractivity contribution in [2.24, 2.45) is 0 Å². The van der Waals surface area contributed by atoms with E-state index in [0.29, 0.717) is 52.7 Å². The molecular formula is C34H34F3N3O2S. The summed E-state index contributed by atoms with van der Waals surface area (Å²) >= 11 is 1.23. The summed E-state index contributed by atoms with van der Waals surface area (Å²) in [5.74, 6) is -0.132. The van der Waals surface area contributed by atoms with Gasteiger partial charge in [-0.25, -0.2) is 4.98 Å². The van der Waals surface area contributed by atoms with Crippen molar-refractivity contribution < 1.29 is 18.0 Å². The van der Waals surface area contributed by atoms with E-state index in [4.69, 9.17) is 0 Å². The fourth-order valence-electron chi connectivity index (χ4n) is 5.42. The summed E-state index contributed by atoms with van der Waals surface area (Å²) in [6.07, 6.45) is 1.07. The number of pyridine rings is 1. The summed E-state index contributed by atoms with van der Waals surface area (Å²) in [4.78, 5) is 35.1. The predicted molar refractivity (Wildman–Crippen MR) is 167 cm³/mol. The average molecular weight is 606 g/mol. The highest BCUT2D eigenvalue weighted by atomic mass is 32.1. The number of hydrogen-bond donors (Lipinski definition) is 0. The second-order valence-corrected chi connectivity index (χ2v) is 12.0. The van der Waals surface area contributed by atoms with Crippen LogP contribution < -0.4 is 5.56 Å². The van der Waals surface area contributed by atoms with E-state index in [-0.39, 0.29) is 17.0 Å². The van der Waals surface area contributed by atoms with Crippen molar-refractivity contribution in [3.05, 3.63) is 97.8 Å². The van der Waals surface area contributed by atoms with Gasteiger partial charge in [-0.1, -0.05) is 36.8 Å². The lowest BCUT2D eigenvalue weighted by atomic mass is 10.0. The molecule has 5 rings (SSSR count). The Bertz CT molecular complexity index is 1740. The normalized spacial score (nSPS) is 13.7. The van der Waals surface area contributed by atoms with Gasteiger partial charge in [0, 0.05) is 24.0 Å². The number of nitrogens with zero attached hydrogens (tertiary/aromatic N) is 3. The predicted octanol–water partition coefficient (Wildman–Crippen LogP) is 8.57. The molecule has 4 aromatic rings. The minimum atomic E-state index is -4.44. The zero-order chi connectivity index (χ0) is 30.9. The highest BCUT2D eigenvalue weighted by Gasteiger charge is 2.30. The number of alkyl halides is 3. The van der Waals surface area contributed by atoms with Crippen LogP contribution >= 0.6 is 11.3 Å². The standard InChI is InChI=1S/C34H34F3N3O2S/c1-5-23-10-9-22(4)18-29(23)40-30(17-21(2)3)26(32(41)39-15-7-6-8-16-39)19-27(33(40)42)31-38-28(20-43-31)24-11-13-25(14-12-24)34(35,36)37/h9-14,17-20H,5-8,15-16H2,1-4H3. The molecule has 3 heterocycles. The molecule has 5 nitrogen and oxygen atoms in total. The van der Waals surface area contributed by atoms with Crippen LogP contribution in [0, 0.1) is 6.92 Å². The number of hydrogen-bond acceptors (Lipinski definition) is 4. The lowest BCUT2D eigenvalue weighted by molar-refractivity contribution is -0.137. The number of allylic oxidation sites excluding steroid dienone is 1. The number of amides is 1. The topological polar surface area (TPSA) is 55.2 Å². The second kappa shape index (κ2) is 12.3. The lowest BCUT2D eigenvalue weighted by Gasteiger charge is -2.28. The molecule has 1 amide bonds.